The summed E-state index contributed by atoms with van der Waals surface area (Å²) in [6.45, 7) is 6.67. The van der Waals surface area contributed by atoms with Gasteiger partial charge in [0.2, 0.25) is 5.91 Å². The minimum Gasteiger partial charge on any atom is -0.493 e. The smallest absolute Gasteiger partial charge is 0.270 e. The molecule has 192 valence electrons. The maximum absolute atomic E-state index is 14.1. The Labute approximate surface area is 209 Å². The molecular weight excluding hydrogens is 466 g/mol. The summed E-state index contributed by atoms with van der Waals surface area (Å²) in [6, 6.07) is 8.27. The molecule has 0 bridgehead atoms. The molecule has 36 heavy (non-hydrogen) atoms. The number of alkyl halides is 2. The van der Waals surface area contributed by atoms with Crippen molar-refractivity contribution in [1.82, 2.24) is 14.9 Å². The number of hydrogen-bond donors (Lipinski definition) is 1. The zero-order valence-electron chi connectivity index (χ0n) is 21.5. The molecule has 2 aromatic carbocycles. The van der Waals surface area contributed by atoms with Gasteiger partial charge in [0.05, 0.1) is 24.7 Å². The van der Waals surface area contributed by atoms with Gasteiger partial charge >= 0.3 is 0 Å². The molecule has 7 nitrogen and oxygen atoms in total. The van der Waals surface area contributed by atoms with Crippen LogP contribution in [0.3, 0.4) is 0 Å². The Morgan fingerprint density at radius 1 is 1.22 bits per heavy atom. The van der Waals surface area contributed by atoms with Gasteiger partial charge in [0.25, 0.3) is 5.92 Å². The van der Waals surface area contributed by atoms with Gasteiger partial charge in [-0.25, -0.2) is 18.7 Å². The zero-order chi connectivity index (χ0) is 26.2. The number of aromatic nitrogens is 2. The van der Waals surface area contributed by atoms with Crippen molar-refractivity contribution in [3.05, 3.63) is 52.8 Å². The molecular formula is C27H32F2N4O3. The number of amides is 1. The van der Waals surface area contributed by atoms with E-state index < -0.39 is 5.92 Å². The topological polar surface area (TPSA) is 76.6 Å². The Balaban J connectivity index is 1.67. The third-order valence-electron chi connectivity index (χ3n) is 6.83. The van der Waals surface area contributed by atoms with E-state index in [4.69, 9.17) is 9.47 Å². The van der Waals surface area contributed by atoms with Crippen molar-refractivity contribution in [3.63, 3.8) is 0 Å². The lowest BCUT2D eigenvalue weighted by atomic mass is 9.94. The molecule has 1 amide bonds. The van der Waals surface area contributed by atoms with Crippen molar-refractivity contribution in [3.8, 4) is 11.5 Å². The molecule has 1 fully saturated rings. The highest BCUT2D eigenvalue weighted by molar-refractivity contribution is 5.92. The highest BCUT2D eigenvalue weighted by atomic mass is 19.3. The van der Waals surface area contributed by atoms with Gasteiger partial charge in [0.1, 0.15) is 18.2 Å². The van der Waals surface area contributed by atoms with Crippen LogP contribution in [0.25, 0.3) is 10.9 Å². The molecule has 0 aliphatic carbocycles. The van der Waals surface area contributed by atoms with Crippen molar-refractivity contribution in [2.24, 2.45) is 0 Å². The van der Waals surface area contributed by atoms with Crippen LogP contribution < -0.4 is 14.8 Å². The van der Waals surface area contributed by atoms with Gasteiger partial charge in [-0.3, -0.25) is 4.79 Å². The average molecular weight is 499 g/mol. The normalized spacial score (nSPS) is 16.9. The number of fused-ring (bicyclic) bond motifs is 1. The van der Waals surface area contributed by atoms with Gasteiger partial charge in [-0.2, -0.15) is 0 Å². The second-order valence-electron chi connectivity index (χ2n) is 9.42. The maximum Gasteiger partial charge on any atom is 0.270 e. The lowest BCUT2D eigenvalue weighted by Gasteiger charge is -2.23. The van der Waals surface area contributed by atoms with Gasteiger partial charge in [-0.1, -0.05) is 18.2 Å². The number of carbonyl (C=O) groups is 1. The number of hydrogen-bond acceptors (Lipinski definition) is 6. The molecule has 2 atom stereocenters. The second kappa shape index (κ2) is 9.87. The monoisotopic (exact) mass is 498 g/mol. The van der Waals surface area contributed by atoms with Crippen LogP contribution in [-0.4, -0.2) is 47.6 Å². The van der Waals surface area contributed by atoms with Crippen molar-refractivity contribution >= 4 is 22.6 Å². The van der Waals surface area contributed by atoms with E-state index in [0.717, 1.165) is 18.9 Å². The molecule has 2 heterocycles. The van der Waals surface area contributed by atoms with Crippen molar-refractivity contribution in [2.45, 2.75) is 58.5 Å². The van der Waals surface area contributed by atoms with E-state index >= 15 is 0 Å². The number of likely N-dealkylation sites (N-methyl/N-ethyl adjacent to an activating group) is 1. The van der Waals surface area contributed by atoms with Crippen LogP contribution >= 0.6 is 0 Å². The first-order valence-corrected chi connectivity index (χ1v) is 12.0. The van der Waals surface area contributed by atoms with Crippen molar-refractivity contribution in [1.29, 1.82) is 0 Å². The zero-order valence-corrected chi connectivity index (χ0v) is 21.5. The van der Waals surface area contributed by atoms with Gasteiger partial charge in [0.15, 0.2) is 11.5 Å². The molecule has 0 spiro atoms. The SMILES string of the molecule is COc1cc2nc(C)nc(N[C@H](C)c3cccc(C(C)(F)F)c3C)c2cc1OC[C@@H]1CCC(=O)N1C. The Morgan fingerprint density at radius 2 is 1.97 bits per heavy atom. The van der Waals surface area contributed by atoms with Gasteiger partial charge in [-0.15, -0.1) is 0 Å². The highest BCUT2D eigenvalue weighted by Crippen LogP contribution is 2.37. The average Bonchev–Trinajstić information content (AvgIpc) is 3.13. The Kier molecular flexibility index (Phi) is 7.02. The van der Waals surface area contributed by atoms with Crippen LogP contribution in [0.5, 0.6) is 11.5 Å². The lowest BCUT2D eigenvalue weighted by molar-refractivity contribution is -0.127. The Morgan fingerprint density at radius 3 is 2.61 bits per heavy atom. The predicted octanol–water partition coefficient (Wildman–Crippen LogP) is 5.54. The summed E-state index contributed by atoms with van der Waals surface area (Å²) < 4.78 is 39.9. The van der Waals surface area contributed by atoms with Gasteiger partial charge in [-0.05, 0) is 44.4 Å². The third kappa shape index (κ3) is 5.05. The molecule has 1 aliphatic rings. The third-order valence-corrected chi connectivity index (χ3v) is 6.83. The minimum atomic E-state index is -2.93. The summed E-state index contributed by atoms with van der Waals surface area (Å²) in [5, 5.41) is 4.11. The van der Waals surface area contributed by atoms with Crippen LogP contribution in [0.1, 0.15) is 55.2 Å². The van der Waals surface area contributed by atoms with E-state index in [9.17, 15) is 13.6 Å². The lowest BCUT2D eigenvalue weighted by Crippen LogP contribution is -2.33. The van der Waals surface area contributed by atoms with E-state index in [1.165, 1.54) is 6.07 Å². The summed E-state index contributed by atoms with van der Waals surface area (Å²) in [6.07, 6.45) is 1.26. The number of anilines is 1. The number of likely N-dealkylation sites (tertiary alicyclic amines) is 1. The molecule has 9 heteroatoms. The molecule has 0 saturated carbocycles. The Bertz CT molecular complexity index is 1290. The number of carbonyl (C=O) groups excluding carboxylic acids is 1. The number of halogens is 2. The van der Waals surface area contributed by atoms with Crippen LogP contribution in [-0.2, 0) is 10.7 Å². The number of methoxy groups -OCH3 is 1. The standard InChI is InChI=1S/C27H32F2N4O3/c1-15-19(8-7-9-21(15)27(4,28)29)16(2)30-26-20-12-24(36-14-18-10-11-25(34)33(18)5)23(35-6)13-22(20)31-17(3)32-26/h7-9,12-13,16,18H,10-11,14H2,1-6H3,(H,30,31,32)/t16-,18+/m1/s1. The number of nitrogens with zero attached hydrogens (tertiary/aromatic N) is 3. The number of benzene rings is 2. The van der Waals surface area contributed by atoms with E-state index in [1.54, 1.807) is 45.0 Å². The molecule has 1 N–H and O–H groups in total. The van der Waals surface area contributed by atoms with E-state index in [1.807, 2.05) is 19.1 Å². The summed E-state index contributed by atoms with van der Waals surface area (Å²) in [7, 11) is 3.35. The van der Waals surface area contributed by atoms with E-state index in [0.29, 0.717) is 52.6 Å². The number of aryl methyl sites for hydroxylation is 1. The quantitative estimate of drug-likeness (QED) is 0.440. The summed E-state index contributed by atoms with van der Waals surface area (Å²) in [5.41, 5.74) is 1.98. The molecule has 1 aliphatic heterocycles. The molecule has 1 saturated heterocycles. The summed E-state index contributed by atoms with van der Waals surface area (Å²) in [4.78, 5) is 22.7. The molecule has 0 radical (unpaired) electrons. The minimum absolute atomic E-state index is 0.00302. The van der Waals surface area contributed by atoms with Crippen molar-refractivity contribution in [2.75, 3.05) is 26.1 Å². The Hall–Kier alpha value is -3.49. The molecule has 4 rings (SSSR count). The summed E-state index contributed by atoms with van der Waals surface area (Å²) >= 11 is 0. The van der Waals surface area contributed by atoms with E-state index in [-0.39, 0.29) is 23.6 Å². The first-order chi connectivity index (χ1) is 17.0. The van der Waals surface area contributed by atoms with Crippen molar-refractivity contribution < 1.29 is 23.0 Å². The van der Waals surface area contributed by atoms with Crippen LogP contribution in [0.2, 0.25) is 0 Å². The van der Waals surface area contributed by atoms with Gasteiger partial charge in [0, 0.05) is 37.4 Å². The van der Waals surface area contributed by atoms with Crippen LogP contribution in [0.15, 0.2) is 30.3 Å². The number of ether oxygens (including phenoxy) is 2. The van der Waals surface area contributed by atoms with Gasteiger partial charge < -0.3 is 19.7 Å². The largest absolute Gasteiger partial charge is 0.493 e. The fourth-order valence-corrected chi connectivity index (χ4v) is 4.76. The predicted molar refractivity (Wildman–Crippen MR) is 135 cm³/mol. The fraction of sp³-hybridized carbons (Fsp3) is 0.444. The molecule has 3 aromatic rings. The fourth-order valence-electron chi connectivity index (χ4n) is 4.76. The number of nitrogens with one attached hydrogen (secondary N) is 1. The molecule has 0 unspecified atom stereocenters. The van der Waals surface area contributed by atoms with Crippen LogP contribution in [0.4, 0.5) is 14.6 Å². The first-order valence-electron chi connectivity index (χ1n) is 12.0. The van der Waals surface area contributed by atoms with E-state index in [2.05, 4.69) is 15.3 Å². The van der Waals surface area contributed by atoms with Crippen LogP contribution in [0, 0.1) is 13.8 Å². The first kappa shape index (κ1) is 25.6. The highest BCUT2D eigenvalue weighted by Gasteiger charge is 2.29. The second-order valence-corrected chi connectivity index (χ2v) is 9.42. The maximum atomic E-state index is 14.1. The number of rotatable bonds is 8. The summed E-state index contributed by atoms with van der Waals surface area (Å²) in [5.74, 6) is -0.648. The molecule has 1 aromatic heterocycles.